The molecule has 0 aliphatic carbocycles. The standard InChI is InChI=1S/C16H17BrClNO2/c1-10-3-6-16(21-2)12(7-10)15(20)9-19-11-4-5-14(18)13(17)8-11/h3-8,15,19-20H,9H2,1-2H3. The largest absolute Gasteiger partial charge is 0.496 e. The summed E-state index contributed by atoms with van der Waals surface area (Å²) in [5.74, 6) is 0.687. The van der Waals surface area contributed by atoms with Crippen LogP contribution >= 0.6 is 27.5 Å². The summed E-state index contributed by atoms with van der Waals surface area (Å²) in [7, 11) is 1.60. The van der Waals surface area contributed by atoms with Crippen molar-refractivity contribution in [1.29, 1.82) is 0 Å². The van der Waals surface area contributed by atoms with Crippen LogP contribution in [0.2, 0.25) is 5.02 Å². The highest BCUT2D eigenvalue weighted by atomic mass is 79.9. The van der Waals surface area contributed by atoms with Gasteiger partial charge in [-0.3, -0.25) is 0 Å². The quantitative estimate of drug-likeness (QED) is 0.810. The first-order valence-electron chi connectivity index (χ1n) is 6.53. The molecule has 21 heavy (non-hydrogen) atoms. The minimum atomic E-state index is -0.658. The van der Waals surface area contributed by atoms with Crippen LogP contribution in [0.5, 0.6) is 5.75 Å². The summed E-state index contributed by atoms with van der Waals surface area (Å²) < 4.78 is 6.11. The van der Waals surface area contributed by atoms with Gasteiger partial charge in [0.05, 0.1) is 18.2 Å². The SMILES string of the molecule is COc1ccc(C)cc1C(O)CNc1ccc(Cl)c(Br)c1. The second kappa shape index (κ2) is 7.16. The number of aryl methyl sites for hydroxylation is 1. The zero-order valence-corrected chi connectivity index (χ0v) is 14.2. The molecule has 0 bridgehead atoms. The Morgan fingerprint density at radius 3 is 2.71 bits per heavy atom. The molecule has 1 unspecified atom stereocenters. The lowest BCUT2D eigenvalue weighted by Crippen LogP contribution is -2.13. The van der Waals surface area contributed by atoms with Gasteiger partial charge in [-0.15, -0.1) is 0 Å². The van der Waals surface area contributed by atoms with E-state index in [2.05, 4.69) is 21.2 Å². The van der Waals surface area contributed by atoms with E-state index in [1.807, 2.05) is 37.3 Å². The number of ether oxygens (including phenoxy) is 1. The maximum absolute atomic E-state index is 10.4. The zero-order chi connectivity index (χ0) is 15.4. The average molecular weight is 371 g/mol. The summed E-state index contributed by atoms with van der Waals surface area (Å²) in [5.41, 5.74) is 2.74. The Morgan fingerprint density at radius 2 is 2.05 bits per heavy atom. The van der Waals surface area contributed by atoms with Crippen LogP contribution in [0.25, 0.3) is 0 Å². The number of aliphatic hydroxyl groups is 1. The number of nitrogens with one attached hydrogen (secondary N) is 1. The lowest BCUT2D eigenvalue weighted by Gasteiger charge is -2.17. The lowest BCUT2D eigenvalue weighted by atomic mass is 10.1. The molecule has 0 fully saturated rings. The maximum atomic E-state index is 10.4. The minimum absolute atomic E-state index is 0.383. The van der Waals surface area contributed by atoms with Crippen molar-refractivity contribution in [2.75, 3.05) is 19.0 Å². The highest BCUT2D eigenvalue weighted by Crippen LogP contribution is 2.28. The molecule has 3 nitrogen and oxygen atoms in total. The van der Waals surface area contributed by atoms with E-state index < -0.39 is 6.10 Å². The summed E-state index contributed by atoms with van der Waals surface area (Å²) in [5, 5.41) is 14.2. The molecule has 0 aliphatic rings. The Hall–Kier alpha value is -1.23. The van der Waals surface area contributed by atoms with Gasteiger partial charge >= 0.3 is 0 Å². The summed E-state index contributed by atoms with van der Waals surface area (Å²) in [6.45, 7) is 2.37. The van der Waals surface area contributed by atoms with E-state index in [0.717, 1.165) is 21.3 Å². The first-order chi connectivity index (χ1) is 10.0. The molecule has 0 saturated carbocycles. The van der Waals surface area contributed by atoms with Crippen molar-refractivity contribution in [3.63, 3.8) is 0 Å². The summed E-state index contributed by atoms with van der Waals surface area (Å²) in [6, 6.07) is 11.3. The van der Waals surface area contributed by atoms with Gasteiger partial charge in [0.1, 0.15) is 5.75 Å². The Bertz CT molecular complexity index is 634. The van der Waals surface area contributed by atoms with Crippen molar-refractivity contribution in [2.45, 2.75) is 13.0 Å². The van der Waals surface area contributed by atoms with E-state index in [-0.39, 0.29) is 0 Å². The maximum Gasteiger partial charge on any atom is 0.124 e. The zero-order valence-electron chi connectivity index (χ0n) is 11.9. The van der Waals surface area contributed by atoms with Crippen molar-refractivity contribution in [3.8, 4) is 5.75 Å². The number of hydrogen-bond acceptors (Lipinski definition) is 3. The molecule has 0 saturated heterocycles. The van der Waals surface area contributed by atoms with Gasteiger partial charge in [0.15, 0.2) is 0 Å². The van der Waals surface area contributed by atoms with Gasteiger partial charge in [-0.25, -0.2) is 0 Å². The predicted molar refractivity (Wildman–Crippen MR) is 90.3 cm³/mol. The van der Waals surface area contributed by atoms with Crippen molar-refractivity contribution >= 4 is 33.2 Å². The minimum Gasteiger partial charge on any atom is -0.496 e. The molecule has 0 aliphatic heterocycles. The smallest absolute Gasteiger partial charge is 0.124 e. The normalized spacial score (nSPS) is 12.0. The summed E-state index contributed by atoms with van der Waals surface area (Å²) >= 11 is 9.33. The third-order valence-electron chi connectivity index (χ3n) is 3.16. The number of hydrogen-bond donors (Lipinski definition) is 2. The van der Waals surface area contributed by atoms with Gasteiger partial charge in [0, 0.05) is 22.3 Å². The van der Waals surface area contributed by atoms with E-state index in [9.17, 15) is 5.11 Å². The number of methoxy groups -OCH3 is 1. The Morgan fingerprint density at radius 1 is 1.29 bits per heavy atom. The molecular weight excluding hydrogens is 354 g/mol. The highest BCUT2D eigenvalue weighted by Gasteiger charge is 2.13. The molecule has 0 heterocycles. The van der Waals surface area contributed by atoms with Gasteiger partial charge in [-0.1, -0.05) is 23.2 Å². The fourth-order valence-corrected chi connectivity index (χ4v) is 2.54. The van der Waals surface area contributed by atoms with Gasteiger partial charge < -0.3 is 15.2 Å². The molecule has 1 atom stereocenters. The van der Waals surface area contributed by atoms with Gasteiger partial charge in [0.2, 0.25) is 0 Å². The van der Waals surface area contributed by atoms with Crippen LogP contribution in [0, 0.1) is 6.92 Å². The van der Waals surface area contributed by atoms with E-state index in [1.54, 1.807) is 13.2 Å². The Labute approximate surface area is 138 Å². The van der Waals surface area contributed by atoms with Crippen LogP contribution in [-0.2, 0) is 0 Å². The molecule has 5 heteroatoms. The first-order valence-corrected chi connectivity index (χ1v) is 7.70. The summed E-state index contributed by atoms with van der Waals surface area (Å²) in [4.78, 5) is 0. The third-order valence-corrected chi connectivity index (χ3v) is 4.38. The molecule has 0 radical (unpaired) electrons. The van der Waals surface area contributed by atoms with E-state index in [1.165, 1.54) is 0 Å². The fraction of sp³-hybridized carbons (Fsp3) is 0.250. The first kappa shape index (κ1) is 16.1. The molecule has 2 aromatic carbocycles. The fourth-order valence-electron chi connectivity index (χ4n) is 2.04. The third kappa shape index (κ3) is 4.13. The molecular formula is C16H17BrClNO2. The van der Waals surface area contributed by atoms with Crippen molar-refractivity contribution < 1.29 is 9.84 Å². The van der Waals surface area contributed by atoms with E-state index >= 15 is 0 Å². The average Bonchev–Trinajstić information content (AvgIpc) is 2.48. The van der Waals surface area contributed by atoms with Crippen molar-refractivity contribution in [1.82, 2.24) is 0 Å². The van der Waals surface area contributed by atoms with E-state index in [4.69, 9.17) is 16.3 Å². The van der Waals surface area contributed by atoms with Crippen molar-refractivity contribution in [2.24, 2.45) is 0 Å². The Kier molecular flexibility index (Phi) is 5.51. The topological polar surface area (TPSA) is 41.5 Å². The number of rotatable bonds is 5. The second-order valence-electron chi connectivity index (χ2n) is 4.77. The number of anilines is 1. The van der Waals surface area contributed by atoms with Crippen LogP contribution in [-0.4, -0.2) is 18.8 Å². The number of halogens is 2. The van der Waals surface area contributed by atoms with Crippen LogP contribution in [0.1, 0.15) is 17.2 Å². The predicted octanol–water partition coefficient (Wildman–Crippen LogP) is 4.57. The molecule has 0 amide bonds. The van der Waals surface area contributed by atoms with Crippen LogP contribution in [0.15, 0.2) is 40.9 Å². The number of benzene rings is 2. The van der Waals surface area contributed by atoms with Gasteiger partial charge in [-0.05, 0) is 53.2 Å². The van der Waals surface area contributed by atoms with Crippen LogP contribution in [0.4, 0.5) is 5.69 Å². The van der Waals surface area contributed by atoms with E-state index in [0.29, 0.717) is 17.3 Å². The molecule has 2 aromatic rings. The molecule has 2 rings (SSSR count). The number of aliphatic hydroxyl groups excluding tert-OH is 1. The molecule has 2 N–H and O–H groups in total. The summed E-state index contributed by atoms with van der Waals surface area (Å²) in [6.07, 6.45) is -0.658. The second-order valence-corrected chi connectivity index (χ2v) is 6.03. The highest BCUT2D eigenvalue weighted by molar-refractivity contribution is 9.10. The van der Waals surface area contributed by atoms with Gasteiger partial charge in [0.25, 0.3) is 0 Å². The molecule has 0 spiro atoms. The van der Waals surface area contributed by atoms with Crippen molar-refractivity contribution in [3.05, 3.63) is 57.0 Å². The lowest BCUT2D eigenvalue weighted by molar-refractivity contribution is 0.187. The van der Waals surface area contributed by atoms with Crippen LogP contribution in [0.3, 0.4) is 0 Å². The van der Waals surface area contributed by atoms with Crippen LogP contribution < -0.4 is 10.1 Å². The Balaban J connectivity index is 2.09. The van der Waals surface area contributed by atoms with Gasteiger partial charge in [-0.2, -0.15) is 0 Å². The molecule has 112 valence electrons. The molecule has 0 aromatic heterocycles. The monoisotopic (exact) mass is 369 g/mol.